The Bertz CT molecular complexity index is 613. The first-order chi connectivity index (χ1) is 7.65. The van der Waals surface area contributed by atoms with Crippen molar-refractivity contribution in [3.63, 3.8) is 0 Å². The Kier molecular flexibility index (Phi) is 2.09. The van der Waals surface area contributed by atoms with Crippen molar-refractivity contribution < 1.29 is 0 Å². The first-order valence-corrected chi connectivity index (χ1v) is 5.67. The van der Waals surface area contributed by atoms with Gasteiger partial charge in [-0.1, -0.05) is 11.6 Å². The van der Waals surface area contributed by atoms with Crippen molar-refractivity contribution in [1.82, 2.24) is 14.9 Å². The van der Waals surface area contributed by atoms with Crippen LogP contribution in [0.25, 0.3) is 11.0 Å². The molecule has 0 amide bonds. The molecule has 2 aromatic rings. The topological polar surface area (TPSA) is 49.8 Å². The molecule has 4 nitrogen and oxygen atoms in total. The fourth-order valence-electron chi connectivity index (χ4n) is 2.29. The molecule has 0 fully saturated rings. The predicted molar refractivity (Wildman–Crippen MR) is 63.9 cm³/mol. The zero-order valence-corrected chi connectivity index (χ0v) is 9.64. The quantitative estimate of drug-likeness (QED) is 0.729. The highest BCUT2D eigenvalue weighted by Crippen LogP contribution is 2.23. The zero-order chi connectivity index (χ0) is 11.3. The van der Waals surface area contributed by atoms with E-state index in [0.29, 0.717) is 11.6 Å². The number of nitrogens with one attached hydrogen (secondary N) is 2. The molecule has 1 aliphatic rings. The van der Waals surface area contributed by atoms with E-state index in [1.165, 1.54) is 0 Å². The smallest absolute Gasteiger partial charge is 0.308 e. The Morgan fingerprint density at radius 1 is 1.50 bits per heavy atom. The van der Waals surface area contributed by atoms with Gasteiger partial charge in [-0.2, -0.15) is 0 Å². The summed E-state index contributed by atoms with van der Waals surface area (Å²) in [5, 5.41) is 4.02. The number of benzene rings is 1. The molecule has 3 rings (SSSR count). The first kappa shape index (κ1) is 9.93. The van der Waals surface area contributed by atoms with Gasteiger partial charge in [0, 0.05) is 24.2 Å². The van der Waals surface area contributed by atoms with Gasteiger partial charge in [0.25, 0.3) is 0 Å². The Morgan fingerprint density at radius 2 is 2.31 bits per heavy atom. The van der Waals surface area contributed by atoms with E-state index in [1.54, 1.807) is 10.6 Å². The summed E-state index contributed by atoms with van der Waals surface area (Å²) in [4.78, 5) is 14.6. The summed E-state index contributed by atoms with van der Waals surface area (Å²) in [6, 6.07) is 4.00. The van der Waals surface area contributed by atoms with Gasteiger partial charge < -0.3 is 10.3 Å². The maximum atomic E-state index is 11.8. The summed E-state index contributed by atoms with van der Waals surface area (Å²) in [7, 11) is 0. The van der Waals surface area contributed by atoms with Gasteiger partial charge in [0.05, 0.1) is 11.0 Å². The van der Waals surface area contributed by atoms with Crippen molar-refractivity contribution in [3.8, 4) is 0 Å². The molecule has 5 heteroatoms. The van der Waals surface area contributed by atoms with Gasteiger partial charge in [0.1, 0.15) is 0 Å². The highest BCUT2D eigenvalue weighted by Gasteiger charge is 2.18. The van der Waals surface area contributed by atoms with E-state index in [-0.39, 0.29) is 11.7 Å². The van der Waals surface area contributed by atoms with Gasteiger partial charge in [-0.05, 0) is 24.6 Å². The molecule has 2 N–H and O–H groups in total. The van der Waals surface area contributed by atoms with Crippen LogP contribution in [0.5, 0.6) is 0 Å². The molecule has 0 radical (unpaired) electrons. The van der Waals surface area contributed by atoms with Gasteiger partial charge in [-0.25, -0.2) is 4.79 Å². The van der Waals surface area contributed by atoms with Crippen LogP contribution in [-0.4, -0.2) is 15.6 Å². The summed E-state index contributed by atoms with van der Waals surface area (Å²) >= 11 is 6.02. The van der Waals surface area contributed by atoms with Crippen LogP contribution in [0, 0.1) is 0 Å². The molecule has 0 spiro atoms. The van der Waals surface area contributed by atoms with Crippen LogP contribution in [-0.2, 0) is 13.1 Å². The van der Waals surface area contributed by atoms with Crippen molar-refractivity contribution in [1.29, 1.82) is 0 Å². The predicted octanol–water partition coefficient (Wildman–Crippen LogP) is 1.47. The van der Waals surface area contributed by atoms with Crippen LogP contribution >= 0.6 is 11.6 Å². The van der Waals surface area contributed by atoms with Gasteiger partial charge in [0.15, 0.2) is 0 Å². The monoisotopic (exact) mass is 237 g/mol. The number of imidazole rings is 1. The molecule has 16 heavy (non-hydrogen) atoms. The van der Waals surface area contributed by atoms with E-state index in [1.807, 2.05) is 6.07 Å². The van der Waals surface area contributed by atoms with E-state index < -0.39 is 0 Å². The molecular weight excluding hydrogens is 226 g/mol. The van der Waals surface area contributed by atoms with Crippen molar-refractivity contribution in [3.05, 3.63) is 33.2 Å². The summed E-state index contributed by atoms with van der Waals surface area (Å²) in [5.41, 5.74) is 2.81. The van der Waals surface area contributed by atoms with Crippen LogP contribution < -0.4 is 11.0 Å². The second-order valence-electron chi connectivity index (χ2n) is 4.28. The summed E-state index contributed by atoms with van der Waals surface area (Å²) in [6.45, 7) is 3.50. The SMILES string of the molecule is C[C@H]1Cn2c(=O)[nH]c3cc(Cl)cc(c32)CN1. The molecular formula is C11H12ClN3O. The number of halogens is 1. The molecule has 0 unspecified atom stereocenters. The average molecular weight is 238 g/mol. The van der Waals surface area contributed by atoms with Crippen LogP contribution in [0.2, 0.25) is 5.02 Å². The zero-order valence-electron chi connectivity index (χ0n) is 8.88. The maximum Gasteiger partial charge on any atom is 0.326 e. The Hall–Kier alpha value is -1.26. The second-order valence-corrected chi connectivity index (χ2v) is 4.72. The van der Waals surface area contributed by atoms with Crippen molar-refractivity contribution in [2.45, 2.75) is 26.1 Å². The number of nitrogens with zero attached hydrogens (tertiary/aromatic N) is 1. The number of rotatable bonds is 0. The van der Waals surface area contributed by atoms with E-state index in [0.717, 1.165) is 23.1 Å². The average Bonchev–Trinajstić information content (AvgIpc) is 2.43. The minimum Gasteiger partial charge on any atom is -0.308 e. The fraction of sp³-hybridized carbons (Fsp3) is 0.364. The van der Waals surface area contributed by atoms with Crippen molar-refractivity contribution in [2.24, 2.45) is 0 Å². The lowest BCUT2D eigenvalue weighted by Crippen LogP contribution is -2.30. The molecule has 1 atom stereocenters. The lowest BCUT2D eigenvalue weighted by atomic mass is 10.2. The molecule has 1 aliphatic heterocycles. The first-order valence-electron chi connectivity index (χ1n) is 5.29. The van der Waals surface area contributed by atoms with E-state index in [9.17, 15) is 4.79 Å². The highest BCUT2D eigenvalue weighted by molar-refractivity contribution is 6.31. The van der Waals surface area contributed by atoms with Gasteiger partial charge in [-0.15, -0.1) is 0 Å². The lowest BCUT2D eigenvalue weighted by Gasteiger charge is -2.08. The molecule has 0 saturated heterocycles. The summed E-state index contributed by atoms with van der Waals surface area (Å²) < 4.78 is 1.78. The standard InChI is InChI=1S/C11H12ClN3O/c1-6-5-15-10-7(4-13-6)2-8(12)3-9(10)14-11(15)16/h2-3,6,13H,4-5H2,1H3,(H,14,16)/t6-/m0/s1. The van der Waals surface area contributed by atoms with E-state index in [2.05, 4.69) is 17.2 Å². The second kappa shape index (κ2) is 3.37. The Morgan fingerprint density at radius 3 is 3.12 bits per heavy atom. The molecule has 0 saturated carbocycles. The van der Waals surface area contributed by atoms with Gasteiger partial charge >= 0.3 is 5.69 Å². The molecule has 2 heterocycles. The maximum absolute atomic E-state index is 11.8. The summed E-state index contributed by atoms with van der Waals surface area (Å²) in [5.74, 6) is 0. The Balaban J connectivity index is 2.40. The van der Waals surface area contributed by atoms with Crippen LogP contribution in [0.4, 0.5) is 0 Å². The molecule has 1 aromatic heterocycles. The largest absolute Gasteiger partial charge is 0.326 e. The van der Waals surface area contributed by atoms with Crippen LogP contribution in [0.1, 0.15) is 12.5 Å². The molecule has 0 bridgehead atoms. The van der Waals surface area contributed by atoms with Crippen molar-refractivity contribution >= 4 is 22.6 Å². The van der Waals surface area contributed by atoms with E-state index >= 15 is 0 Å². The Labute approximate surface area is 97.2 Å². The third kappa shape index (κ3) is 1.37. The minimum absolute atomic E-state index is 0.0610. The molecule has 84 valence electrons. The van der Waals surface area contributed by atoms with Crippen molar-refractivity contribution in [2.75, 3.05) is 0 Å². The van der Waals surface area contributed by atoms with Gasteiger partial charge in [-0.3, -0.25) is 4.57 Å². The van der Waals surface area contributed by atoms with Crippen LogP contribution in [0.3, 0.4) is 0 Å². The molecule has 0 aliphatic carbocycles. The number of hydrogen-bond donors (Lipinski definition) is 2. The third-order valence-electron chi connectivity index (χ3n) is 3.01. The normalized spacial score (nSPS) is 20.0. The highest BCUT2D eigenvalue weighted by atomic mass is 35.5. The lowest BCUT2D eigenvalue weighted by molar-refractivity contribution is 0.491. The summed E-state index contributed by atoms with van der Waals surface area (Å²) in [6.07, 6.45) is 0. The van der Waals surface area contributed by atoms with E-state index in [4.69, 9.17) is 11.6 Å². The van der Waals surface area contributed by atoms with Gasteiger partial charge in [0.2, 0.25) is 0 Å². The number of aromatic amines is 1. The molecule has 1 aromatic carbocycles. The van der Waals surface area contributed by atoms with Crippen LogP contribution in [0.15, 0.2) is 16.9 Å². The number of hydrogen-bond acceptors (Lipinski definition) is 2. The number of H-pyrrole nitrogens is 1. The number of aromatic nitrogens is 2. The fourth-order valence-corrected chi connectivity index (χ4v) is 2.53. The minimum atomic E-state index is -0.0610. The third-order valence-corrected chi connectivity index (χ3v) is 3.23.